The molecule has 2 nitrogen and oxygen atoms in total. The topological polar surface area (TPSA) is 15.3 Å². The molecule has 0 saturated carbocycles. The average Bonchev–Trinajstić information content (AvgIpc) is 2.52. The van der Waals surface area contributed by atoms with Gasteiger partial charge in [0.2, 0.25) is 0 Å². The summed E-state index contributed by atoms with van der Waals surface area (Å²) in [6.07, 6.45) is 0. The summed E-state index contributed by atoms with van der Waals surface area (Å²) in [7, 11) is 2.24. The zero-order chi connectivity index (χ0) is 13.8. The molecule has 2 aromatic rings. The summed E-state index contributed by atoms with van der Waals surface area (Å²) in [5.41, 5.74) is 2.80. The molecule has 4 heteroatoms. The molecule has 0 spiro atoms. The summed E-state index contributed by atoms with van der Waals surface area (Å²) in [6, 6.07) is 22.3. The predicted molar refractivity (Wildman–Crippen MR) is 98.5 cm³/mol. The molecule has 1 fully saturated rings. The molecular formula is C18H24Cl2N2. The van der Waals surface area contributed by atoms with Gasteiger partial charge in [-0.3, -0.25) is 4.90 Å². The summed E-state index contributed by atoms with van der Waals surface area (Å²) in [6.45, 7) is 3.25. The van der Waals surface area contributed by atoms with Crippen LogP contribution in [0.3, 0.4) is 0 Å². The molecule has 1 N–H and O–H groups in total. The SMILES string of the molecule is CN1CCNC[C@H]1C(c1ccccc1)c1ccccc1.Cl.Cl. The second-order valence-corrected chi connectivity index (χ2v) is 5.55. The van der Waals surface area contributed by atoms with Crippen LogP contribution in [0, 0.1) is 0 Å². The van der Waals surface area contributed by atoms with Crippen molar-refractivity contribution < 1.29 is 0 Å². The van der Waals surface area contributed by atoms with E-state index in [-0.39, 0.29) is 24.8 Å². The number of likely N-dealkylation sites (N-methyl/N-ethyl adjacent to an activating group) is 1. The van der Waals surface area contributed by atoms with Crippen molar-refractivity contribution in [2.75, 3.05) is 26.7 Å². The van der Waals surface area contributed by atoms with Crippen LogP contribution in [0.15, 0.2) is 60.7 Å². The van der Waals surface area contributed by atoms with E-state index >= 15 is 0 Å². The Bertz CT molecular complexity index is 494. The maximum atomic E-state index is 3.54. The highest BCUT2D eigenvalue weighted by atomic mass is 35.5. The lowest BCUT2D eigenvalue weighted by molar-refractivity contribution is 0.184. The molecule has 1 aliphatic heterocycles. The van der Waals surface area contributed by atoms with Crippen molar-refractivity contribution in [2.24, 2.45) is 0 Å². The zero-order valence-electron chi connectivity index (χ0n) is 12.8. The van der Waals surface area contributed by atoms with Crippen LogP contribution in [0.25, 0.3) is 0 Å². The fourth-order valence-corrected chi connectivity index (χ4v) is 3.16. The monoisotopic (exact) mass is 338 g/mol. The highest BCUT2D eigenvalue weighted by molar-refractivity contribution is 5.85. The highest BCUT2D eigenvalue weighted by Gasteiger charge is 2.29. The van der Waals surface area contributed by atoms with Crippen molar-refractivity contribution in [1.82, 2.24) is 10.2 Å². The molecule has 1 heterocycles. The van der Waals surface area contributed by atoms with Gasteiger partial charge in [-0.05, 0) is 18.2 Å². The number of nitrogens with one attached hydrogen (secondary N) is 1. The van der Waals surface area contributed by atoms with E-state index in [0.29, 0.717) is 12.0 Å². The van der Waals surface area contributed by atoms with E-state index in [4.69, 9.17) is 0 Å². The number of hydrogen-bond acceptors (Lipinski definition) is 2. The van der Waals surface area contributed by atoms with Crippen LogP contribution in [-0.2, 0) is 0 Å². The Morgan fingerprint density at radius 2 is 1.41 bits per heavy atom. The zero-order valence-corrected chi connectivity index (χ0v) is 14.4. The molecule has 1 aliphatic rings. The molecule has 1 saturated heterocycles. The Morgan fingerprint density at radius 3 is 1.86 bits per heavy atom. The van der Waals surface area contributed by atoms with E-state index in [0.717, 1.165) is 19.6 Å². The Balaban J connectivity index is 0.00000121. The quantitative estimate of drug-likeness (QED) is 0.920. The summed E-state index contributed by atoms with van der Waals surface area (Å²) in [5, 5.41) is 3.54. The van der Waals surface area contributed by atoms with Gasteiger partial charge < -0.3 is 5.32 Å². The molecule has 0 bridgehead atoms. The van der Waals surface area contributed by atoms with Gasteiger partial charge in [0, 0.05) is 31.6 Å². The van der Waals surface area contributed by atoms with Gasteiger partial charge in [0.05, 0.1) is 0 Å². The van der Waals surface area contributed by atoms with Crippen LogP contribution in [0.4, 0.5) is 0 Å². The van der Waals surface area contributed by atoms with Gasteiger partial charge >= 0.3 is 0 Å². The molecule has 120 valence electrons. The van der Waals surface area contributed by atoms with Crippen LogP contribution in [0.2, 0.25) is 0 Å². The first-order valence-corrected chi connectivity index (χ1v) is 7.37. The van der Waals surface area contributed by atoms with Gasteiger partial charge in [-0.2, -0.15) is 0 Å². The summed E-state index contributed by atoms with van der Waals surface area (Å²) >= 11 is 0. The third-order valence-corrected chi connectivity index (χ3v) is 4.26. The molecule has 0 aliphatic carbocycles. The van der Waals surface area contributed by atoms with Crippen molar-refractivity contribution in [1.29, 1.82) is 0 Å². The summed E-state index contributed by atoms with van der Waals surface area (Å²) in [5.74, 6) is 0.426. The minimum Gasteiger partial charge on any atom is -0.314 e. The first-order valence-electron chi connectivity index (χ1n) is 7.37. The molecule has 22 heavy (non-hydrogen) atoms. The Labute approximate surface area is 145 Å². The molecule has 0 radical (unpaired) electrons. The number of hydrogen-bond donors (Lipinski definition) is 1. The van der Waals surface area contributed by atoms with Gasteiger partial charge in [-0.1, -0.05) is 60.7 Å². The number of rotatable bonds is 3. The lowest BCUT2D eigenvalue weighted by atomic mass is 9.83. The van der Waals surface area contributed by atoms with Crippen LogP contribution < -0.4 is 5.32 Å². The van der Waals surface area contributed by atoms with Gasteiger partial charge in [0.25, 0.3) is 0 Å². The minimum absolute atomic E-state index is 0. The third kappa shape index (κ3) is 4.23. The van der Waals surface area contributed by atoms with E-state index in [2.05, 4.69) is 77.9 Å². The van der Waals surface area contributed by atoms with Crippen LogP contribution in [-0.4, -0.2) is 37.6 Å². The van der Waals surface area contributed by atoms with Gasteiger partial charge in [-0.15, -0.1) is 24.8 Å². The van der Waals surface area contributed by atoms with Crippen LogP contribution in [0.1, 0.15) is 17.0 Å². The molecular weight excluding hydrogens is 315 g/mol. The molecule has 3 rings (SSSR count). The Hall–Kier alpha value is -1.06. The van der Waals surface area contributed by atoms with E-state index in [1.165, 1.54) is 11.1 Å². The van der Waals surface area contributed by atoms with Gasteiger partial charge in [0.1, 0.15) is 0 Å². The smallest absolute Gasteiger partial charge is 0.0327 e. The minimum atomic E-state index is 0. The molecule has 0 unspecified atom stereocenters. The highest BCUT2D eigenvalue weighted by Crippen LogP contribution is 2.30. The second-order valence-electron chi connectivity index (χ2n) is 5.55. The second kappa shape index (κ2) is 9.16. The van der Waals surface area contributed by atoms with Crippen molar-refractivity contribution in [3.05, 3.63) is 71.8 Å². The number of nitrogens with zero attached hydrogens (tertiary/aromatic N) is 1. The summed E-state index contributed by atoms with van der Waals surface area (Å²) in [4.78, 5) is 2.49. The standard InChI is InChI=1S/C18H22N2.2ClH/c1-20-13-12-19-14-17(20)18(15-8-4-2-5-9-15)16-10-6-3-7-11-16;;/h2-11,17-19H,12-14H2,1H3;2*1H/t17-;;/m0../s1. The number of piperazine rings is 1. The number of benzene rings is 2. The normalized spacial score (nSPS) is 18.4. The van der Waals surface area contributed by atoms with E-state index in [9.17, 15) is 0 Å². The third-order valence-electron chi connectivity index (χ3n) is 4.26. The van der Waals surface area contributed by atoms with E-state index < -0.39 is 0 Å². The first kappa shape index (κ1) is 19.0. The Morgan fingerprint density at radius 1 is 0.909 bits per heavy atom. The van der Waals surface area contributed by atoms with Crippen molar-refractivity contribution in [3.63, 3.8) is 0 Å². The van der Waals surface area contributed by atoms with E-state index in [1.54, 1.807) is 0 Å². The Kier molecular flexibility index (Phi) is 7.91. The van der Waals surface area contributed by atoms with E-state index in [1.807, 2.05) is 0 Å². The first-order chi connectivity index (χ1) is 9.86. The molecule has 1 atom stereocenters. The van der Waals surface area contributed by atoms with Crippen molar-refractivity contribution >= 4 is 24.8 Å². The molecule has 0 aromatic heterocycles. The average molecular weight is 339 g/mol. The lowest BCUT2D eigenvalue weighted by Gasteiger charge is -2.39. The van der Waals surface area contributed by atoms with Gasteiger partial charge in [-0.25, -0.2) is 0 Å². The maximum absolute atomic E-state index is 3.54. The molecule has 0 amide bonds. The van der Waals surface area contributed by atoms with Crippen molar-refractivity contribution in [3.8, 4) is 0 Å². The van der Waals surface area contributed by atoms with Crippen molar-refractivity contribution in [2.45, 2.75) is 12.0 Å². The number of halogens is 2. The molecule has 2 aromatic carbocycles. The largest absolute Gasteiger partial charge is 0.314 e. The van der Waals surface area contributed by atoms with Crippen LogP contribution in [0.5, 0.6) is 0 Å². The fraction of sp³-hybridized carbons (Fsp3) is 0.333. The summed E-state index contributed by atoms with van der Waals surface area (Å²) < 4.78 is 0. The van der Waals surface area contributed by atoms with Gasteiger partial charge in [0.15, 0.2) is 0 Å². The predicted octanol–water partition coefficient (Wildman–Crippen LogP) is 3.57. The lowest BCUT2D eigenvalue weighted by Crippen LogP contribution is -2.52. The fourth-order valence-electron chi connectivity index (χ4n) is 3.16. The maximum Gasteiger partial charge on any atom is 0.0327 e. The van der Waals surface area contributed by atoms with Crippen LogP contribution >= 0.6 is 24.8 Å².